The fraction of sp³-hybridized carbons (Fsp3) is 0.600. The molecule has 100 valence electrons. The summed E-state index contributed by atoms with van der Waals surface area (Å²) in [6, 6.07) is 10.0. The first-order valence-electron chi connectivity index (χ1n) is 6.65. The number of hydrogen-bond donors (Lipinski definition) is 2. The molecule has 0 saturated carbocycles. The van der Waals surface area contributed by atoms with Crippen LogP contribution in [0.3, 0.4) is 0 Å². The zero-order valence-corrected chi connectivity index (χ0v) is 10.7. The Bertz CT molecular complexity index is 340. The second kappa shape index (κ2) is 6.32. The second-order valence-electron chi connectivity index (χ2n) is 5.32. The molecule has 0 aromatic heterocycles. The van der Waals surface area contributed by atoms with Gasteiger partial charge in [-0.1, -0.05) is 30.3 Å². The van der Waals surface area contributed by atoms with E-state index in [4.69, 9.17) is 4.74 Å². The Balaban J connectivity index is 2.05. The molecule has 3 nitrogen and oxygen atoms in total. The Labute approximate surface area is 108 Å². The fourth-order valence-corrected chi connectivity index (χ4v) is 2.68. The van der Waals surface area contributed by atoms with Crippen LogP contribution in [0.15, 0.2) is 30.3 Å². The fourth-order valence-electron chi connectivity index (χ4n) is 2.68. The molecule has 0 spiro atoms. The van der Waals surface area contributed by atoms with E-state index in [0.717, 1.165) is 31.4 Å². The van der Waals surface area contributed by atoms with Crippen LogP contribution in [-0.4, -0.2) is 36.1 Å². The van der Waals surface area contributed by atoms with Crippen LogP contribution >= 0.6 is 0 Å². The standard InChI is InChI=1S/C15H22O3/c16-11-15(12-17,10-14-7-4-8-18-14)9-13-5-2-1-3-6-13/h1-3,5-6,14,16-17H,4,7-12H2. The molecule has 0 aliphatic carbocycles. The largest absolute Gasteiger partial charge is 0.396 e. The van der Waals surface area contributed by atoms with Gasteiger partial charge in [-0.2, -0.15) is 0 Å². The highest BCUT2D eigenvalue weighted by atomic mass is 16.5. The maximum Gasteiger partial charge on any atom is 0.0583 e. The van der Waals surface area contributed by atoms with Crippen molar-refractivity contribution in [2.24, 2.45) is 5.41 Å². The SMILES string of the molecule is OCC(CO)(Cc1ccccc1)CC1CCCO1. The van der Waals surface area contributed by atoms with Gasteiger partial charge in [0.25, 0.3) is 0 Å². The van der Waals surface area contributed by atoms with Crippen LogP contribution in [0.1, 0.15) is 24.8 Å². The van der Waals surface area contributed by atoms with Crippen LogP contribution in [0.25, 0.3) is 0 Å². The molecule has 1 atom stereocenters. The summed E-state index contributed by atoms with van der Waals surface area (Å²) in [4.78, 5) is 0. The first kappa shape index (κ1) is 13.5. The zero-order chi connectivity index (χ0) is 12.8. The summed E-state index contributed by atoms with van der Waals surface area (Å²) in [6.07, 6.45) is 3.74. The summed E-state index contributed by atoms with van der Waals surface area (Å²) in [5, 5.41) is 19.4. The molecule has 1 aliphatic heterocycles. The zero-order valence-electron chi connectivity index (χ0n) is 10.7. The molecule has 0 radical (unpaired) electrons. The molecule has 1 aromatic carbocycles. The van der Waals surface area contributed by atoms with E-state index in [9.17, 15) is 10.2 Å². The molecule has 3 heteroatoms. The quantitative estimate of drug-likeness (QED) is 0.809. The molecule has 2 N–H and O–H groups in total. The van der Waals surface area contributed by atoms with Crippen molar-refractivity contribution in [3.8, 4) is 0 Å². The Morgan fingerprint density at radius 3 is 2.44 bits per heavy atom. The average Bonchev–Trinajstić information content (AvgIpc) is 2.92. The van der Waals surface area contributed by atoms with Gasteiger partial charge in [-0.15, -0.1) is 0 Å². The van der Waals surface area contributed by atoms with Gasteiger partial charge in [0, 0.05) is 12.0 Å². The highest BCUT2D eigenvalue weighted by molar-refractivity contribution is 5.16. The van der Waals surface area contributed by atoms with Crippen LogP contribution in [0.5, 0.6) is 0 Å². The van der Waals surface area contributed by atoms with Gasteiger partial charge in [0.15, 0.2) is 0 Å². The van der Waals surface area contributed by atoms with Gasteiger partial charge >= 0.3 is 0 Å². The lowest BCUT2D eigenvalue weighted by Crippen LogP contribution is -2.36. The molecule has 18 heavy (non-hydrogen) atoms. The van der Waals surface area contributed by atoms with Gasteiger partial charge in [0.05, 0.1) is 19.3 Å². The number of benzene rings is 1. The molecule has 1 fully saturated rings. The van der Waals surface area contributed by atoms with Crippen molar-refractivity contribution < 1.29 is 14.9 Å². The van der Waals surface area contributed by atoms with Crippen LogP contribution in [0.4, 0.5) is 0 Å². The minimum Gasteiger partial charge on any atom is -0.396 e. The summed E-state index contributed by atoms with van der Waals surface area (Å²) in [7, 11) is 0. The van der Waals surface area contributed by atoms with Gasteiger partial charge in [0.1, 0.15) is 0 Å². The Hall–Kier alpha value is -0.900. The van der Waals surface area contributed by atoms with E-state index in [0.29, 0.717) is 6.42 Å². The van der Waals surface area contributed by atoms with Gasteiger partial charge < -0.3 is 14.9 Å². The predicted molar refractivity (Wildman–Crippen MR) is 70.3 cm³/mol. The molecule has 0 bridgehead atoms. The van der Waals surface area contributed by atoms with Gasteiger partial charge in [-0.05, 0) is 31.2 Å². The predicted octanol–water partition coefficient (Wildman–Crippen LogP) is 1.77. The Morgan fingerprint density at radius 1 is 1.17 bits per heavy atom. The summed E-state index contributed by atoms with van der Waals surface area (Å²) in [6.45, 7) is 0.805. The molecule has 1 heterocycles. The van der Waals surface area contributed by atoms with E-state index in [1.165, 1.54) is 0 Å². The molecular weight excluding hydrogens is 228 g/mol. The number of aliphatic hydroxyl groups excluding tert-OH is 2. The summed E-state index contributed by atoms with van der Waals surface area (Å²) in [5.74, 6) is 0. The van der Waals surface area contributed by atoms with Crippen molar-refractivity contribution in [1.82, 2.24) is 0 Å². The summed E-state index contributed by atoms with van der Waals surface area (Å²) >= 11 is 0. The van der Waals surface area contributed by atoms with Crippen LogP contribution in [0, 0.1) is 5.41 Å². The van der Waals surface area contributed by atoms with E-state index in [1.807, 2.05) is 30.3 Å². The lowest BCUT2D eigenvalue weighted by Gasteiger charge is -2.32. The number of ether oxygens (including phenoxy) is 1. The maximum atomic E-state index is 9.68. The number of rotatable bonds is 6. The number of aliphatic hydroxyl groups is 2. The van der Waals surface area contributed by atoms with Gasteiger partial charge in [-0.25, -0.2) is 0 Å². The third-order valence-corrected chi connectivity index (χ3v) is 3.78. The summed E-state index contributed by atoms with van der Waals surface area (Å²) < 4.78 is 5.63. The third-order valence-electron chi connectivity index (χ3n) is 3.78. The van der Waals surface area contributed by atoms with Crippen LogP contribution < -0.4 is 0 Å². The minimum atomic E-state index is -0.462. The van der Waals surface area contributed by atoms with Crippen molar-refractivity contribution in [2.75, 3.05) is 19.8 Å². The van der Waals surface area contributed by atoms with E-state index >= 15 is 0 Å². The second-order valence-corrected chi connectivity index (χ2v) is 5.32. The van der Waals surface area contributed by atoms with E-state index in [1.54, 1.807) is 0 Å². The molecule has 0 amide bonds. The Morgan fingerprint density at radius 2 is 1.89 bits per heavy atom. The third kappa shape index (κ3) is 3.31. The molecule has 2 rings (SSSR count). The minimum absolute atomic E-state index is 0.00173. The molecule has 1 unspecified atom stereocenters. The lowest BCUT2D eigenvalue weighted by atomic mass is 9.78. The molecule has 1 aliphatic rings. The van der Waals surface area contributed by atoms with Crippen molar-refractivity contribution in [3.63, 3.8) is 0 Å². The topological polar surface area (TPSA) is 49.7 Å². The molecule has 1 aromatic rings. The summed E-state index contributed by atoms with van der Waals surface area (Å²) in [5.41, 5.74) is 0.690. The van der Waals surface area contributed by atoms with E-state index in [2.05, 4.69) is 0 Å². The average molecular weight is 250 g/mol. The molecule has 1 saturated heterocycles. The Kier molecular flexibility index (Phi) is 4.75. The first-order valence-corrected chi connectivity index (χ1v) is 6.65. The first-order chi connectivity index (χ1) is 8.78. The number of hydrogen-bond acceptors (Lipinski definition) is 3. The lowest BCUT2D eigenvalue weighted by molar-refractivity contribution is -0.00335. The van der Waals surface area contributed by atoms with E-state index in [-0.39, 0.29) is 19.3 Å². The monoisotopic (exact) mass is 250 g/mol. The highest BCUT2D eigenvalue weighted by Crippen LogP contribution is 2.32. The maximum absolute atomic E-state index is 9.68. The smallest absolute Gasteiger partial charge is 0.0583 e. The van der Waals surface area contributed by atoms with Crippen molar-refractivity contribution >= 4 is 0 Å². The highest BCUT2D eigenvalue weighted by Gasteiger charge is 2.33. The van der Waals surface area contributed by atoms with E-state index < -0.39 is 5.41 Å². The van der Waals surface area contributed by atoms with Gasteiger partial charge in [0.2, 0.25) is 0 Å². The van der Waals surface area contributed by atoms with Crippen molar-refractivity contribution in [1.29, 1.82) is 0 Å². The van der Waals surface area contributed by atoms with Crippen molar-refractivity contribution in [2.45, 2.75) is 31.8 Å². The van der Waals surface area contributed by atoms with Crippen molar-refractivity contribution in [3.05, 3.63) is 35.9 Å². The normalized spacial score (nSPS) is 20.2. The van der Waals surface area contributed by atoms with Gasteiger partial charge in [-0.3, -0.25) is 0 Å². The molecular formula is C15H22O3. The van der Waals surface area contributed by atoms with Crippen LogP contribution in [0.2, 0.25) is 0 Å². The van der Waals surface area contributed by atoms with Crippen LogP contribution in [-0.2, 0) is 11.2 Å².